The van der Waals surface area contributed by atoms with Gasteiger partial charge in [0.2, 0.25) is 12.7 Å². The van der Waals surface area contributed by atoms with Crippen LogP contribution in [0.5, 0.6) is 11.5 Å². The molecule has 4 heteroatoms. The van der Waals surface area contributed by atoms with Gasteiger partial charge in [-0.05, 0) is 48.4 Å². The summed E-state index contributed by atoms with van der Waals surface area (Å²) in [6, 6.07) is 13.2. The first-order chi connectivity index (χ1) is 10.2. The van der Waals surface area contributed by atoms with Crippen LogP contribution in [0.3, 0.4) is 0 Å². The lowest BCUT2D eigenvalue weighted by atomic mass is 10.2. The molecule has 0 unspecified atom stereocenters. The number of rotatable bonds is 3. The zero-order chi connectivity index (χ0) is 14.7. The van der Waals surface area contributed by atoms with Gasteiger partial charge in [0.1, 0.15) is 0 Å². The lowest BCUT2D eigenvalue weighted by molar-refractivity contribution is -0.111. The summed E-state index contributed by atoms with van der Waals surface area (Å²) < 4.78 is 10.5. The summed E-state index contributed by atoms with van der Waals surface area (Å²) in [7, 11) is 0. The fourth-order valence-corrected chi connectivity index (χ4v) is 2.10. The molecule has 1 aliphatic heterocycles. The van der Waals surface area contributed by atoms with Gasteiger partial charge in [0.15, 0.2) is 11.5 Å². The van der Waals surface area contributed by atoms with E-state index in [0.29, 0.717) is 5.75 Å². The second-order valence-corrected chi connectivity index (χ2v) is 4.80. The zero-order valence-corrected chi connectivity index (χ0v) is 11.6. The lowest BCUT2D eigenvalue weighted by Gasteiger charge is -2.03. The van der Waals surface area contributed by atoms with Crippen molar-refractivity contribution in [1.29, 1.82) is 0 Å². The van der Waals surface area contributed by atoms with Crippen molar-refractivity contribution >= 4 is 17.7 Å². The van der Waals surface area contributed by atoms with Gasteiger partial charge in [-0.25, -0.2) is 0 Å². The minimum atomic E-state index is -0.168. The summed E-state index contributed by atoms with van der Waals surface area (Å²) in [4.78, 5) is 11.9. The van der Waals surface area contributed by atoms with Crippen LogP contribution < -0.4 is 14.8 Å². The Morgan fingerprint density at radius 2 is 2.00 bits per heavy atom. The number of amides is 1. The molecule has 1 amide bonds. The van der Waals surface area contributed by atoms with E-state index in [-0.39, 0.29) is 12.7 Å². The Hall–Kier alpha value is -2.75. The Kier molecular flexibility index (Phi) is 3.60. The number of hydrogen-bond donors (Lipinski definition) is 1. The van der Waals surface area contributed by atoms with Crippen molar-refractivity contribution in [3.8, 4) is 11.5 Å². The number of carbonyl (C=O) groups excluding carboxylic acids is 1. The maximum absolute atomic E-state index is 11.9. The predicted molar refractivity (Wildman–Crippen MR) is 81.4 cm³/mol. The summed E-state index contributed by atoms with van der Waals surface area (Å²) in [6.07, 6.45) is 3.24. The predicted octanol–water partition coefficient (Wildman–Crippen LogP) is 3.38. The lowest BCUT2D eigenvalue weighted by Crippen LogP contribution is -2.07. The number of fused-ring (bicyclic) bond motifs is 1. The van der Waals surface area contributed by atoms with E-state index in [0.717, 1.165) is 22.6 Å². The van der Waals surface area contributed by atoms with Gasteiger partial charge in [0.05, 0.1) is 0 Å². The zero-order valence-electron chi connectivity index (χ0n) is 11.6. The molecular formula is C17H15NO3. The molecule has 1 heterocycles. The van der Waals surface area contributed by atoms with E-state index in [1.165, 1.54) is 6.08 Å². The van der Waals surface area contributed by atoms with Gasteiger partial charge in [-0.1, -0.05) is 18.2 Å². The van der Waals surface area contributed by atoms with Crippen molar-refractivity contribution in [3.63, 3.8) is 0 Å². The Labute approximate surface area is 123 Å². The molecule has 1 aliphatic rings. The largest absolute Gasteiger partial charge is 0.454 e. The van der Waals surface area contributed by atoms with Crippen molar-refractivity contribution in [2.45, 2.75) is 6.92 Å². The quantitative estimate of drug-likeness (QED) is 0.877. The second kappa shape index (κ2) is 5.71. The van der Waals surface area contributed by atoms with Gasteiger partial charge in [0, 0.05) is 11.8 Å². The van der Waals surface area contributed by atoms with E-state index >= 15 is 0 Å². The van der Waals surface area contributed by atoms with Crippen LogP contribution in [0.25, 0.3) is 6.08 Å². The molecule has 0 aromatic heterocycles. The summed E-state index contributed by atoms with van der Waals surface area (Å²) in [5, 5.41) is 2.82. The van der Waals surface area contributed by atoms with Crippen LogP contribution in [0.2, 0.25) is 0 Å². The third-order valence-corrected chi connectivity index (χ3v) is 3.11. The Morgan fingerprint density at radius 1 is 1.14 bits per heavy atom. The fourth-order valence-electron chi connectivity index (χ4n) is 2.10. The average Bonchev–Trinajstić information content (AvgIpc) is 2.92. The minimum absolute atomic E-state index is 0.168. The molecule has 0 aliphatic carbocycles. The monoisotopic (exact) mass is 281 g/mol. The van der Waals surface area contributed by atoms with Crippen molar-refractivity contribution in [2.75, 3.05) is 12.1 Å². The van der Waals surface area contributed by atoms with Crippen molar-refractivity contribution in [2.24, 2.45) is 0 Å². The highest BCUT2D eigenvalue weighted by atomic mass is 16.7. The molecule has 0 radical (unpaired) electrons. The summed E-state index contributed by atoms with van der Waals surface area (Å²) in [6.45, 7) is 2.23. The van der Waals surface area contributed by atoms with E-state index in [9.17, 15) is 4.79 Å². The van der Waals surface area contributed by atoms with Gasteiger partial charge < -0.3 is 14.8 Å². The topological polar surface area (TPSA) is 47.6 Å². The van der Waals surface area contributed by atoms with Crippen LogP contribution in [0.4, 0.5) is 5.69 Å². The van der Waals surface area contributed by atoms with E-state index < -0.39 is 0 Å². The number of carbonyl (C=O) groups is 1. The van der Waals surface area contributed by atoms with Crippen LogP contribution >= 0.6 is 0 Å². The molecule has 0 saturated carbocycles. The van der Waals surface area contributed by atoms with Crippen LogP contribution in [0.15, 0.2) is 48.5 Å². The van der Waals surface area contributed by atoms with Gasteiger partial charge in [-0.15, -0.1) is 0 Å². The normalized spacial score (nSPS) is 12.6. The number of aryl methyl sites for hydroxylation is 1. The van der Waals surface area contributed by atoms with E-state index in [1.807, 2.05) is 49.4 Å². The molecule has 106 valence electrons. The Bertz CT molecular complexity index is 707. The second-order valence-electron chi connectivity index (χ2n) is 4.80. The Balaban J connectivity index is 1.67. The summed E-state index contributed by atoms with van der Waals surface area (Å²) >= 11 is 0. The third kappa shape index (κ3) is 3.23. The van der Waals surface area contributed by atoms with Crippen molar-refractivity contribution < 1.29 is 14.3 Å². The first-order valence-electron chi connectivity index (χ1n) is 6.66. The van der Waals surface area contributed by atoms with Crippen LogP contribution in [0, 0.1) is 6.92 Å². The van der Waals surface area contributed by atoms with Gasteiger partial charge in [0.25, 0.3) is 0 Å². The first-order valence-corrected chi connectivity index (χ1v) is 6.66. The highest BCUT2D eigenvalue weighted by Crippen LogP contribution is 2.32. The van der Waals surface area contributed by atoms with Crippen molar-refractivity contribution in [1.82, 2.24) is 0 Å². The number of hydrogen-bond acceptors (Lipinski definition) is 3. The number of benzene rings is 2. The minimum Gasteiger partial charge on any atom is -0.454 e. The smallest absolute Gasteiger partial charge is 0.248 e. The van der Waals surface area contributed by atoms with E-state index in [1.54, 1.807) is 6.08 Å². The molecule has 2 aromatic carbocycles. The number of nitrogens with one attached hydrogen (secondary N) is 1. The van der Waals surface area contributed by atoms with Crippen LogP contribution in [-0.4, -0.2) is 12.7 Å². The van der Waals surface area contributed by atoms with Crippen molar-refractivity contribution in [3.05, 3.63) is 59.7 Å². The fraction of sp³-hybridized carbons (Fsp3) is 0.118. The number of anilines is 1. The maximum Gasteiger partial charge on any atom is 0.248 e. The molecule has 4 nitrogen and oxygen atoms in total. The summed E-state index contributed by atoms with van der Waals surface area (Å²) in [5.74, 6) is 1.27. The van der Waals surface area contributed by atoms with E-state index in [2.05, 4.69) is 5.32 Å². The SMILES string of the molecule is Cc1cccc(NC(=O)/C=C/c2ccc3c(c2)OCO3)c1. The standard InChI is InChI=1S/C17H15NO3/c1-12-3-2-4-14(9-12)18-17(19)8-6-13-5-7-15-16(10-13)21-11-20-15/h2-10H,11H2,1H3,(H,18,19)/b8-6+. The molecule has 1 N–H and O–H groups in total. The molecule has 21 heavy (non-hydrogen) atoms. The third-order valence-electron chi connectivity index (χ3n) is 3.11. The highest BCUT2D eigenvalue weighted by Gasteiger charge is 2.12. The highest BCUT2D eigenvalue weighted by molar-refractivity contribution is 6.02. The molecule has 0 spiro atoms. The van der Waals surface area contributed by atoms with Gasteiger partial charge in [-0.2, -0.15) is 0 Å². The molecule has 0 saturated heterocycles. The molecular weight excluding hydrogens is 266 g/mol. The Morgan fingerprint density at radius 3 is 2.86 bits per heavy atom. The van der Waals surface area contributed by atoms with E-state index in [4.69, 9.17) is 9.47 Å². The number of ether oxygens (including phenoxy) is 2. The first kappa shape index (κ1) is 13.2. The molecule has 0 bridgehead atoms. The van der Waals surface area contributed by atoms with Gasteiger partial charge in [-0.3, -0.25) is 4.79 Å². The summed E-state index contributed by atoms with van der Waals surface area (Å²) in [5.41, 5.74) is 2.78. The van der Waals surface area contributed by atoms with Crippen LogP contribution in [-0.2, 0) is 4.79 Å². The molecule has 2 aromatic rings. The van der Waals surface area contributed by atoms with Gasteiger partial charge >= 0.3 is 0 Å². The van der Waals surface area contributed by atoms with Crippen LogP contribution in [0.1, 0.15) is 11.1 Å². The maximum atomic E-state index is 11.9. The molecule has 0 atom stereocenters. The molecule has 0 fully saturated rings. The average molecular weight is 281 g/mol. The molecule has 3 rings (SSSR count).